The molecule has 0 fully saturated rings. The van der Waals surface area contributed by atoms with E-state index in [0.717, 1.165) is 6.07 Å². The second-order valence-corrected chi connectivity index (χ2v) is 5.14. The maximum Gasteiger partial charge on any atom is 0.255 e. The first kappa shape index (κ1) is 15.7. The summed E-state index contributed by atoms with van der Waals surface area (Å²) in [5, 5.41) is 5.41. The molecule has 2 rings (SSSR count). The van der Waals surface area contributed by atoms with E-state index >= 15 is 0 Å². The topological polar surface area (TPSA) is 58.2 Å². The summed E-state index contributed by atoms with van der Waals surface area (Å²) in [4.78, 5) is 24.3. The minimum atomic E-state index is -0.488. The Labute approximate surface area is 128 Å². The number of anilines is 1. The molecule has 0 saturated heterocycles. The van der Waals surface area contributed by atoms with Crippen molar-refractivity contribution in [2.24, 2.45) is 0 Å². The van der Waals surface area contributed by atoms with Gasteiger partial charge in [0.25, 0.3) is 11.8 Å². The van der Waals surface area contributed by atoms with Crippen LogP contribution in [0.15, 0.2) is 48.5 Å². The molecule has 0 bridgehead atoms. The van der Waals surface area contributed by atoms with Gasteiger partial charge in [0.2, 0.25) is 0 Å². The lowest BCUT2D eigenvalue weighted by Gasteiger charge is -2.13. The third-order valence-electron chi connectivity index (χ3n) is 2.93. The van der Waals surface area contributed by atoms with Crippen LogP contribution in [0, 0.1) is 5.82 Å². The normalized spacial score (nSPS) is 10.4. The predicted octanol–water partition coefficient (Wildman–Crippen LogP) is 3.22. The molecule has 2 N–H and O–H groups in total. The average Bonchev–Trinajstić information content (AvgIpc) is 2.47. The summed E-state index contributed by atoms with van der Waals surface area (Å²) < 4.78 is 13.2. The standard InChI is InChI=1S/C17H17FN2O2/c1-11(2)19-17(22)14-8-3-4-9-15(14)20-16(21)12-6-5-7-13(18)10-12/h3-11H,1-2H3,(H,19,22)(H,20,21). The summed E-state index contributed by atoms with van der Waals surface area (Å²) in [5.41, 5.74) is 0.940. The zero-order valence-electron chi connectivity index (χ0n) is 12.4. The fourth-order valence-corrected chi connectivity index (χ4v) is 1.95. The lowest BCUT2D eigenvalue weighted by molar-refractivity contribution is 0.0944. The highest BCUT2D eigenvalue weighted by molar-refractivity contribution is 6.09. The largest absolute Gasteiger partial charge is 0.350 e. The van der Waals surface area contributed by atoms with Gasteiger partial charge in [0.1, 0.15) is 5.82 Å². The number of hydrogen-bond donors (Lipinski definition) is 2. The van der Waals surface area contributed by atoms with Crippen LogP contribution < -0.4 is 10.6 Å². The van der Waals surface area contributed by atoms with Crippen LogP contribution in [0.3, 0.4) is 0 Å². The van der Waals surface area contributed by atoms with Crippen LogP contribution in [-0.4, -0.2) is 17.9 Å². The zero-order chi connectivity index (χ0) is 16.1. The van der Waals surface area contributed by atoms with Crippen molar-refractivity contribution in [3.63, 3.8) is 0 Å². The van der Waals surface area contributed by atoms with Crippen LogP contribution in [0.5, 0.6) is 0 Å². The van der Waals surface area contributed by atoms with Crippen LogP contribution in [0.2, 0.25) is 0 Å². The van der Waals surface area contributed by atoms with Crippen molar-refractivity contribution in [2.75, 3.05) is 5.32 Å². The third kappa shape index (κ3) is 3.91. The molecule has 2 amide bonds. The van der Waals surface area contributed by atoms with Crippen molar-refractivity contribution < 1.29 is 14.0 Å². The molecule has 114 valence electrons. The molecular formula is C17H17FN2O2. The Balaban J connectivity index is 2.23. The summed E-state index contributed by atoms with van der Waals surface area (Å²) >= 11 is 0. The Morgan fingerprint density at radius 3 is 2.41 bits per heavy atom. The molecule has 0 atom stereocenters. The minimum absolute atomic E-state index is 0.0144. The summed E-state index contributed by atoms with van der Waals surface area (Å²) in [5.74, 6) is -1.23. The molecule has 0 spiro atoms. The van der Waals surface area contributed by atoms with Crippen LogP contribution in [0.1, 0.15) is 34.6 Å². The summed E-state index contributed by atoms with van der Waals surface area (Å²) in [6, 6.07) is 12.1. The average molecular weight is 300 g/mol. The van der Waals surface area contributed by atoms with E-state index < -0.39 is 11.7 Å². The highest BCUT2D eigenvalue weighted by Gasteiger charge is 2.14. The Morgan fingerprint density at radius 1 is 1.00 bits per heavy atom. The number of nitrogens with one attached hydrogen (secondary N) is 2. The second kappa shape index (κ2) is 6.85. The van der Waals surface area contributed by atoms with Crippen molar-refractivity contribution in [3.8, 4) is 0 Å². The van der Waals surface area contributed by atoms with E-state index in [1.807, 2.05) is 13.8 Å². The maximum absolute atomic E-state index is 13.2. The van der Waals surface area contributed by atoms with Crippen molar-refractivity contribution in [1.29, 1.82) is 0 Å². The van der Waals surface area contributed by atoms with Crippen molar-refractivity contribution in [2.45, 2.75) is 19.9 Å². The Kier molecular flexibility index (Phi) is 4.88. The SMILES string of the molecule is CC(C)NC(=O)c1ccccc1NC(=O)c1cccc(F)c1. The van der Waals surface area contributed by atoms with Crippen LogP contribution in [-0.2, 0) is 0 Å². The van der Waals surface area contributed by atoms with E-state index in [2.05, 4.69) is 10.6 Å². The van der Waals surface area contributed by atoms with E-state index in [1.165, 1.54) is 18.2 Å². The third-order valence-corrected chi connectivity index (χ3v) is 2.93. The first-order valence-electron chi connectivity index (χ1n) is 6.94. The highest BCUT2D eigenvalue weighted by Crippen LogP contribution is 2.16. The fourth-order valence-electron chi connectivity index (χ4n) is 1.95. The molecule has 0 saturated carbocycles. The number of hydrogen-bond acceptors (Lipinski definition) is 2. The van der Waals surface area contributed by atoms with Crippen molar-refractivity contribution in [1.82, 2.24) is 5.32 Å². The predicted molar refractivity (Wildman–Crippen MR) is 83.4 cm³/mol. The van der Waals surface area contributed by atoms with Crippen LogP contribution in [0.4, 0.5) is 10.1 Å². The van der Waals surface area contributed by atoms with Gasteiger partial charge >= 0.3 is 0 Å². The van der Waals surface area contributed by atoms with Gasteiger partial charge in [-0.25, -0.2) is 4.39 Å². The molecule has 5 heteroatoms. The van der Waals surface area contributed by atoms with Gasteiger partial charge in [-0.15, -0.1) is 0 Å². The molecule has 0 unspecified atom stereocenters. The minimum Gasteiger partial charge on any atom is -0.350 e. The lowest BCUT2D eigenvalue weighted by Crippen LogP contribution is -2.31. The van der Waals surface area contributed by atoms with Gasteiger partial charge < -0.3 is 10.6 Å². The number of halogens is 1. The van der Waals surface area contributed by atoms with E-state index in [4.69, 9.17) is 0 Å². The van der Waals surface area contributed by atoms with E-state index in [1.54, 1.807) is 24.3 Å². The maximum atomic E-state index is 13.2. The van der Waals surface area contributed by atoms with E-state index in [9.17, 15) is 14.0 Å². The van der Waals surface area contributed by atoms with Gasteiger partial charge in [-0.3, -0.25) is 9.59 Å². The molecule has 0 aliphatic carbocycles. The molecule has 0 aromatic heterocycles. The molecule has 2 aromatic carbocycles. The second-order valence-electron chi connectivity index (χ2n) is 5.14. The van der Waals surface area contributed by atoms with Gasteiger partial charge in [-0.2, -0.15) is 0 Å². The number of rotatable bonds is 4. The summed E-state index contributed by atoms with van der Waals surface area (Å²) in [6.45, 7) is 3.71. The Hall–Kier alpha value is -2.69. The van der Waals surface area contributed by atoms with E-state index in [-0.39, 0.29) is 17.5 Å². The first-order valence-corrected chi connectivity index (χ1v) is 6.94. The number of carbonyl (C=O) groups excluding carboxylic acids is 2. The molecule has 4 nitrogen and oxygen atoms in total. The van der Waals surface area contributed by atoms with Gasteiger partial charge in [-0.05, 0) is 44.2 Å². The highest BCUT2D eigenvalue weighted by atomic mass is 19.1. The van der Waals surface area contributed by atoms with Crippen LogP contribution in [0.25, 0.3) is 0 Å². The molecule has 0 aliphatic heterocycles. The number of amides is 2. The smallest absolute Gasteiger partial charge is 0.255 e. The molecule has 22 heavy (non-hydrogen) atoms. The molecule has 0 heterocycles. The number of benzene rings is 2. The van der Waals surface area contributed by atoms with Gasteiger partial charge in [-0.1, -0.05) is 18.2 Å². The summed E-state index contributed by atoms with van der Waals surface area (Å²) in [6.07, 6.45) is 0. The van der Waals surface area contributed by atoms with Gasteiger partial charge in [0.15, 0.2) is 0 Å². The number of carbonyl (C=O) groups is 2. The van der Waals surface area contributed by atoms with Crippen molar-refractivity contribution in [3.05, 3.63) is 65.5 Å². The molecule has 0 radical (unpaired) electrons. The molecular weight excluding hydrogens is 283 g/mol. The van der Waals surface area contributed by atoms with Crippen LogP contribution >= 0.6 is 0 Å². The monoisotopic (exact) mass is 300 g/mol. The van der Waals surface area contributed by atoms with Crippen molar-refractivity contribution >= 4 is 17.5 Å². The number of para-hydroxylation sites is 1. The van der Waals surface area contributed by atoms with E-state index in [0.29, 0.717) is 11.3 Å². The van der Waals surface area contributed by atoms with Gasteiger partial charge in [0, 0.05) is 11.6 Å². The quantitative estimate of drug-likeness (QED) is 0.911. The summed E-state index contributed by atoms with van der Waals surface area (Å²) in [7, 11) is 0. The molecule has 2 aromatic rings. The molecule has 0 aliphatic rings. The fraction of sp³-hybridized carbons (Fsp3) is 0.176. The lowest BCUT2D eigenvalue weighted by atomic mass is 10.1. The zero-order valence-corrected chi connectivity index (χ0v) is 12.4. The Morgan fingerprint density at radius 2 is 1.73 bits per heavy atom. The first-order chi connectivity index (χ1) is 10.5. The Bertz CT molecular complexity index is 699. The van der Waals surface area contributed by atoms with Gasteiger partial charge in [0.05, 0.1) is 11.3 Å².